The molecule has 0 aliphatic rings. The first-order valence-corrected chi connectivity index (χ1v) is 19.1. The lowest BCUT2D eigenvalue weighted by Gasteiger charge is -2.23. The molecular formula is C39H76N2O3. The van der Waals surface area contributed by atoms with Gasteiger partial charge in [0.2, 0.25) is 11.8 Å². The molecule has 0 heterocycles. The van der Waals surface area contributed by atoms with E-state index >= 15 is 0 Å². The molecule has 0 aromatic rings. The fraction of sp³-hybridized carbons (Fsp3) is 0.923. The fourth-order valence-electron chi connectivity index (χ4n) is 5.88. The minimum absolute atomic E-state index is 0.167. The molecule has 2 amide bonds. The summed E-state index contributed by atoms with van der Waals surface area (Å²) in [6.07, 6.45) is 29.3. The van der Waals surface area contributed by atoms with Crippen molar-refractivity contribution < 1.29 is 14.4 Å². The molecule has 0 fully saturated rings. The summed E-state index contributed by atoms with van der Waals surface area (Å²) in [5.41, 5.74) is -0.690. The van der Waals surface area contributed by atoms with Crippen LogP contribution in [0, 0.1) is 10.8 Å². The molecule has 0 aliphatic carbocycles. The minimum atomic E-state index is -0.345. The van der Waals surface area contributed by atoms with E-state index in [9.17, 15) is 14.4 Å². The van der Waals surface area contributed by atoms with Gasteiger partial charge in [-0.05, 0) is 38.5 Å². The average molecular weight is 621 g/mol. The van der Waals surface area contributed by atoms with Crippen LogP contribution in [0.4, 0.5) is 0 Å². The van der Waals surface area contributed by atoms with E-state index in [-0.39, 0.29) is 22.6 Å². The van der Waals surface area contributed by atoms with Gasteiger partial charge in [-0.1, -0.05) is 157 Å². The van der Waals surface area contributed by atoms with Crippen LogP contribution in [-0.4, -0.2) is 30.7 Å². The van der Waals surface area contributed by atoms with E-state index in [2.05, 4.69) is 24.5 Å². The van der Waals surface area contributed by atoms with Crippen molar-refractivity contribution in [3.8, 4) is 0 Å². The molecule has 0 radical (unpaired) electrons. The van der Waals surface area contributed by atoms with Gasteiger partial charge in [0.1, 0.15) is 5.78 Å². The zero-order valence-corrected chi connectivity index (χ0v) is 30.5. The number of amides is 2. The topological polar surface area (TPSA) is 75.3 Å². The average Bonchev–Trinajstić information content (AvgIpc) is 2.98. The first kappa shape index (κ1) is 42.6. The first-order valence-electron chi connectivity index (χ1n) is 19.1. The van der Waals surface area contributed by atoms with Crippen LogP contribution in [0.2, 0.25) is 0 Å². The van der Waals surface area contributed by atoms with Gasteiger partial charge in [0.15, 0.2) is 0 Å². The Morgan fingerprint density at radius 3 is 1.05 bits per heavy atom. The summed E-state index contributed by atoms with van der Waals surface area (Å²) >= 11 is 0. The molecule has 0 saturated heterocycles. The van der Waals surface area contributed by atoms with Gasteiger partial charge >= 0.3 is 0 Å². The molecule has 0 aromatic heterocycles. The van der Waals surface area contributed by atoms with Crippen LogP contribution in [0.1, 0.15) is 208 Å². The molecule has 260 valence electrons. The van der Waals surface area contributed by atoms with Crippen LogP contribution in [0.3, 0.4) is 0 Å². The van der Waals surface area contributed by atoms with Crippen molar-refractivity contribution in [3.05, 3.63) is 0 Å². The Morgan fingerprint density at radius 2 is 0.705 bits per heavy atom. The Balaban J connectivity index is 3.79. The van der Waals surface area contributed by atoms with E-state index in [0.717, 1.165) is 77.3 Å². The molecule has 0 spiro atoms. The monoisotopic (exact) mass is 621 g/mol. The van der Waals surface area contributed by atoms with Crippen LogP contribution < -0.4 is 10.6 Å². The van der Waals surface area contributed by atoms with Gasteiger partial charge in [-0.2, -0.15) is 0 Å². The minimum Gasteiger partial charge on any atom is -0.356 e. The van der Waals surface area contributed by atoms with Crippen molar-refractivity contribution in [2.75, 3.05) is 13.1 Å². The molecular weight excluding hydrogens is 544 g/mol. The largest absolute Gasteiger partial charge is 0.356 e. The van der Waals surface area contributed by atoms with Gasteiger partial charge in [-0.15, -0.1) is 0 Å². The number of ketones is 1. The van der Waals surface area contributed by atoms with Crippen molar-refractivity contribution in [2.45, 2.75) is 208 Å². The summed E-state index contributed by atoms with van der Waals surface area (Å²) in [4.78, 5) is 37.7. The summed E-state index contributed by atoms with van der Waals surface area (Å²) in [7, 11) is 0. The highest BCUT2D eigenvalue weighted by molar-refractivity contribution is 5.82. The summed E-state index contributed by atoms with van der Waals surface area (Å²) < 4.78 is 0. The molecule has 5 heteroatoms. The zero-order chi connectivity index (χ0) is 32.9. The quantitative estimate of drug-likeness (QED) is 0.0735. The van der Waals surface area contributed by atoms with Crippen molar-refractivity contribution in [3.63, 3.8) is 0 Å². The van der Waals surface area contributed by atoms with Crippen molar-refractivity contribution in [2.24, 2.45) is 10.8 Å². The fourth-order valence-corrected chi connectivity index (χ4v) is 5.88. The Bertz CT molecular complexity index is 658. The van der Waals surface area contributed by atoms with Gasteiger partial charge < -0.3 is 10.6 Å². The molecule has 0 rings (SSSR count). The second-order valence-corrected chi connectivity index (χ2v) is 14.9. The smallest absolute Gasteiger partial charge is 0.225 e. The molecule has 44 heavy (non-hydrogen) atoms. The van der Waals surface area contributed by atoms with E-state index in [4.69, 9.17) is 0 Å². The second kappa shape index (κ2) is 27.9. The Morgan fingerprint density at radius 1 is 0.409 bits per heavy atom. The molecule has 0 aliphatic heterocycles. The van der Waals surface area contributed by atoms with Gasteiger partial charge in [-0.3, -0.25) is 14.4 Å². The van der Waals surface area contributed by atoms with Gasteiger partial charge in [0, 0.05) is 36.8 Å². The molecule has 5 nitrogen and oxygen atoms in total. The third-order valence-electron chi connectivity index (χ3n) is 9.38. The summed E-state index contributed by atoms with van der Waals surface area (Å²) in [5, 5.41) is 6.30. The van der Waals surface area contributed by atoms with Gasteiger partial charge in [-0.25, -0.2) is 0 Å². The SMILES string of the molecule is CCCCCCCCCCNC(=O)C(C)(C)CCCCCC(=O)CCCCCC(C)(C)C(=O)NCCCCCCCCCC. The van der Waals surface area contributed by atoms with Crippen LogP contribution >= 0.6 is 0 Å². The summed E-state index contributed by atoms with van der Waals surface area (Å²) in [5.74, 6) is 0.691. The van der Waals surface area contributed by atoms with E-state index in [0.29, 0.717) is 18.6 Å². The van der Waals surface area contributed by atoms with Gasteiger partial charge in [0.25, 0.3) is 0 Å². The van der Waals surface area contributed by atoms with Crippen molar-refractivity contribution >= 4 is 17.6 Å². The van der Waals surface area contributed by atoms with Crippen LogP contribution in [0.25, 0.3) is 0 Å². The predicted octanol–water partition coefficient (Wildman–Crippen LogP) is 11.0. The Kier molecular flexibility index (Phi) is 27.0. The van der Waals surface area contributed by atoms with Crippen molar-refractivity contribution in [1.29, 1.82) is 0 Å². The highest BCUT2D eigenvalue weighted by atomic mass is 16.2. The number of rotatable bonds is 32. The standard InChI is InChI=1S/C39H76N2O3/c1-7-9-11-13-15-17-19-27-33-40-36(43)38(3,4)31-25-21-23-29-35(42)30-24-22-26-32-39(5,6)37(44)41-34-28-20-18-16-14-12-10-8-2/h7-34H2,1-6H3,(H,40,43)(H,41,44). The number of carbonyl (C=O) groups excluding carboxylic acids is 3. The second-order valence-electron chi connectivity index (χ2n) is 14.9. The lowest BCUT2D eigenvalue weighted by atomic mass is 9.85. The van der Waals surface area contributed by atoms with E-state index in [1.807, 2.05) is 27.7 Å². The third-order valence-corrected chi connectivity index (χ3v) is 9.38. The number of nitrogens with one attached hydrogen (secondary N) is 2. The molecule has 0 unspecified atom stereocenters. The number of Topliss-reactive ketones (excluding diaryl/α,β-unsaturated/α-hetero) is 1. The van der Waals surface area contributed by atoms with Crippen LogP contribution in [0.5, 0.6) is 0 Å². The predicted molar refractivity (Wildman–Crippen MR) is 190 cm³/mol. The number of hydrogen-bond donors (Lipinski definition) is 2. The molecule has 0 aromatic carbocycles. The summed E-state index contributed by atoms with van der Waals surface area (Å²) in [6, 6.07) is 0. The molecule has 2 N–H and O–H groups in total. The number of hydrogen-bond acceptors (Lipinski definition) is 3. The normalized spacial score (nSPS) is 12.0. The van der Waals surface area contributed by atoms with Crippen LogP contribution in [-0.2, 0) is 14.4 Å². The van der Waals surface area contributed by atoms with E-state index < -0.39 is 0 Å². The maximum absolute atomic E-state index is 12.6. The van der Waals surface area contributed by atoms with Gasteiger partial charge in [0.05, 0.1) is 0 Å². The highest BCUT2D eigenvalue weighted by Gasteiger charge is 2.27. The molecule has 0 saturated carbocycles. The van der Waals surface area contributed by atoms with E-state index in [1.165, 1.54) is 89.9 Å². The van der Waals surface area contributed by atoms with Crippen LogP contribution in [0.15, 0.2) is 0 Å². The Labute approximate surface area is 274 Å². The lowest BCUT2D eigenvalue weighted by Crippen LogP contribution is -2.37. The third kappa shape index (κ3) is 24.9. The van der Waals surface area contributed by atoms with Crippen molar-refractivity contribution in [1.82, 2.24) is 10.6 Å². The lowest BCUT2D eigenvalue weighted by molar-refractivity contribution is -0.130. The molecule has 0 atom stereocenters. The number of unbranched alkanes of at least 4 members (excludes halogenated alkanes) is 18. The first-order chi connectivity index (χ1) is 21.1. The highest BCUT2D eigenvalue weighted by Crippen LogP contribution is 2.26. The molecule has 0 bridgehead atoms. The zero-order valence-electron chi connectivity index (χ0n) is 30.5. The Hall–Kier alpha value is -1.39. The maximum Gasteiger partial charge on any atom is 0.225 e. The maximum atomic E-state index is 12.6. The summed E-state index contributed by atoms with van der Waals surface area (Å²) in [6.45, 7) is 14.3. The number of carbonyl (C=O) groups is 3. The van der Waals surface area contributed by atoms with E-state index in [1.54, 1.807) is 0 Å².